The van der Waals surface area contributed by atoms with E-state index in [-0.39, 0.29) is 25.4 Å². The van der Waals surface area contributed by atoms with Crippen LogP contribution in [0.2, 0.25) is 0 Å². The minimum Gasteiger partial charge on any atom is -0.343 e. The minimum atomic E-state index is -3.28. The van der Waals surface area contributed by atoms with Crippen LogP contribution in [0.3, 0.4) is 0 Å². The molecule has 0 atom stereocenters. The van der Waals surface area contributed by atoms with Crippen LogP contribution < -0.4 is 0 Å². The van der Waals surface area contributed by atoms with E-state index in [2.05, 4.69) is 6.58 Å². The number of hydrogen-bond acceptors (Lipinski definition) is 3. The predicted octanol–water partition coefficient (Wildman–Crippen LogP) is 1.47. The van der Waals surface area contributed by atoms with E-state index in [4.69, 9.17) is 0 Å². The molecule has 0 spiro atoms. The van der Waals surface area contributed by atoms with Crippen molar-refractivity contribution in [3.05, 3.63) is 12.7 Å². The molecule has 112 valence electrons. The van der Waals surface area contributed by atoms with Crippen molar-refractivity contribution in [1.82, 2.24) is 9.21 Å². The monoisotopic (exact) mass is 290 g/mol. The van der Waals surface area contributed by atoms with Gasteiger partial charge in [0.25, 0.3) is 0 Å². The summed E-state index contributed by atoms with van der Waals surface area (Å²) >= 11 is 0. The standard InChI is InChI=1S/C13H26N2O3S/c1-5-9-14(10-6-2)13(16)8-12-15(11-7-3)19(4,17)18/h7H,3,5-6,8-12H2,1-2,4H3. The summed E-state index contributed by atoms with van der Waals surface area (Å²) in [5.74, 6) is 0.0152. The maximum Gasteiger partial charge on any atom is 0.223 e. The Kier molecular flexibility index (Phi) is 8.67. The molecule has 0 saturated heterocycles. The molecule has 0 N–H and O–H groups in total. The molecule has 0 radical (unpaired) electrons. The Hall–Kier alpha value is -0.880. The first-order valence-electron chi connectivity index (χ1n) is 6.70. The van der Waals surface area contributed by atoms with Gasteiger partial charge >= 0.3 is 0 Å². The van der Waals surface area contributed by atoms with Gasteiger partial charge in [-0.15, -0.1) is 6.58 Å². The Balaban J connectivity index is 4.48. The summed E-state index contributed by atoms with van der Waals surface area (Å²) in [6, 6.07) is 0. The minimum absolute atomic E-state index is 0.0152. The van der Waals surface area contributed by atoms with Crippen molar-refractivity contribution in [3.8, 4) is 0 Å². The topological polar surface area (TPSA) is 57.7 Å². The molecule has 5 nitrogen and oxygen atoms in total. The number of carbonyl (C=O) groups is 1. The van der Waals surface area contributed by atoms with Crippen molar-refractivity contribution in [2.24, 2.45) is 0 Å². The molecule has 0 aromatic rings. The molecule has 0 bridgehead atoms. The molecule has 0 unspecified atom stereocenters. The maximum absolute atomic E-state index is 12.0. The van der Waals surface area contributed by atoms with E-state index in [0.29, 0.717) is 0 Å². The molecular weight excluding hydrogens is 264 g/mol. The van der Waals surface area contributed by atoms with Crippen LogP contribution in [0.25, 0.3) is 0 Å². The van der Waals surface area contributed by atoms with Crippen molar-refractivity contribution in [2.75, 3.05) is 32.4 Å². The van der Waals surface area contributed by atoms with Crippen LogP contribution in [0, 0.1) is 0 Å². The molecule has 0 fully saturated rings. The Bertz CT molecular complexity index is 373. The van der Waals surface area contributed by atoms with Crippen LogP contribution in [0.15, 0.2) is 12.7 Å². The van der Waals surface area contributed by atoms with Crippen LogP contribution in [0.1, 0.15) is 33.1 Å². The summed E-state index contributed by atoms with van der Waals surface area (Å²) < 4.78 is 24.3. The number of carbonyl (C=O) groups excluding carboxylic acids is 1. The van der Waals surface area contributed by atoms with Crippen LogP contribution in [0.5, 0.6) is 0 Å². The summed E-state index contributed by atoms with van der Waals surface area (Å²) in [4.78, 5) is 13.8. The first kappa shape index (κ1) is 18.1. The lowest BCUT2D eigenvalue weighted by Crippen LogP contribution is -2.37. The fourth-order valence-electron chi connectivity index (χ4n) is 1.82. The summed E-state index contributed by atoms with van der Waals surface area (Å²) in [5.41, 5.74) is 0. The SMILES string of the molecule is C=CCN(CCC(=O)N(CCC)CCC)S(C)(=O)=O. The third-order valence-electron chi connectivity index (χ3n) is 2.72. The van der Waals surface area contributed by atoms with Gasteiger partial charge in [0.2, 0.25) is 15.9 Å². The van der Waals surface area contributed by atoms with Gasteiger partial charge in [-0.1, -0.05) is 19.9 Å². The highest BCUT2D eigenvalue weighted by atomic mass is 32.2. The highest BCUT2D eigenvalue weighted by molar-refractivity contribution is 7.88. The van der Waals surface area contributed by atoms with Gasteiger partial charge in [0, 0.05) is 32.6 Å². The van der Waals surface area contributed by atoms with Crippen molar-refractivity contribution in [2.45, 2.75) is 33.1 Å². The predicted molar refractivity (Wildman–Crippen MR) is 78.4 cm³/mol. The van der Waals surface area contributed by atoms with Crippen molar-refractivity contribution >= 4 is 15.9 Å². The van der Waals surface area contributed by atoms with E-state index in [1.54, 1.807) is 4.90 Å². The van der Waals surface area contributed by atoms with Gasteiger partial charge in [-0.3, -0.25) is 4.79 Å². The number of rotatable bonds is 10. The smallest absolute Gasteiger partial charge is 0.223 e. The van der Waals surface area contributed by atoms with E-state index in [1.165, 1.54) is 10.4 Å². The maximum atomic E-state index is 12.0. The largest absolute Gasteiger partial charge is 0.343 e. The average Bonchev–Trinajstić information content (AvgIpc) is 2.32. The molecule has 6 heteroatoms. The second-order valence-corrected chi connectivity index (χ2v) is 6.52. The summed E-state index contributed by atoms with van der Waals surface area (Å²) in [6.07, 6.45) is 4.72. The molecule has 0 saturated carbocycles. The van der Waals surface area contributed by atoms with Gasteiger partial charge in [0.05, 0.1) is 6.26 Å². The molecular formula is C13H26N2O3S. The van der Waals surface area contributed by atoms with Gasteiger partial charge < -0.3 is 4.90 Å². The second-order valence-electron chi connectivity index (χ2n) is 4.54. The highest BCUT2D eigenvalue weighted by Gasteiger charge is 2.18. The van der Waals surface area contributed by atoms with Crippen LogP contribution in [-0.4, -0.2) is 56.0 Å². The van der Waals surface area contributed by atoms with Crippen molar-refractivity contribution < 1.29 is 13.2 Å². The Morgan fingerprint density at radius 1 is 1.16 bits per heavy atom. The van der Waals surface area contributed by atoms with Crippen LogP contribution in [-0.2, 0) is 14.8 Å². The van der Waals surface area contributed by atoms with E-state index < -0.39 is 10.0 Å². The van der Waals surface area contributed by atoms with Crippen molar-refractivity contribution in [3.63, 3.8) is 0 Å². The van der Waals surface area contributed by atoms with E-state index >= 15 is 0 Å². The first-order chi connectivity index (χ1) is 8.86. The zero-order chi connectivity index (χ0) is 14.9. The van der Waals surface area contributed by atoms with Gasteiger partial charge in [-0.05, 0) is 12.8 Å². The molecule has 0 aromatic carbocycles. The van der Waals surface area contributed by atoms with E-state index in [9.17, 15) is 13.2 Å². The number of hydrogen-bond donors (Lipinski definition) is 0. The first-order valence-corrected chi connectivity index (χ1v) is 8.55. The van der Waals surface area contributed by atoms with Gasteiger partial charge in [-0.2, -0.15) is 4.31 Å². The number of nitrogens with zero attached hydrogens (tertiary/aromatic N) is 2. The van der Waals surface area contributed by atoms with Crippen LogP contribution in [0.4, 0.5) is 0 Å². The normalized spacial score (nSPS) is 11.6. The molecule has 0 heterocycles. The number of sulfonamides is 1. The molecule has 0 aliphatic rings. The Morgan fingerprint density at radius 3 is 2.05 bits per heavy atom. The fourth-order valence-corrected chi connectivity index (χ4v) is 2.62. The highest BCUT2D eigenvalue weighted by Crippen LogP contribution is 2.04. The third-order valence-corrected chi connectivity index (χ3v) is 3.99. The summed E-state index contributed by atoms with van der Waals surface area (Å²) in [6.45, 7) is 9.50. The number of amides is 1. The van der Waals surface area contributed by atoms with E-state index in [0.717, 1.165) is 32.2 Å². The van der Waals surface area contributed by atoms with Crippen molar-refractivity contribution in [1.29, 1.82) is 0 Å². The Morgan fingerprint density at radius 2 is 1.68 bits per heavy atom. The van der Waals surface area contributed by atoms with Gasteiger partial charge in [0.15, 0.2) is 0 Å². The lowest BCUT2D eigenvalue weighted by molar-refractivity contribution is -0.131. The molecule has 0 aromatic heterocycles. The fraction of sp³-hybridized carbons (Fsp3) is 0.769. The van der Waals surface area contributed by atoms with Crippen LogP contribution >= 0.6 is 0 Å². The third kappa shape index (κ3) is 7.32. The summed E-state index contributed by atoms with van der Waals surface area (Å²) in [5, 5.41) is 0. The lowest BCUT2D eigenvalue weighted by Gasteiger charge is -2.23. The van der Waals surface area contributed by atoms with E-state index in [1.807, 2.05) is 13.8 Å². The molecule has 0 aliphatic carbocycles. The summed E-state index contributed by atoms with van der Waals surface area (Å²) in [7, 11) is -3.28. The zero-order valence-electron chi connectivity index (χ0n) is 12.3. The zero-order valence-corrected chi connectivity index (χ0v) is 13.1. The van der Waals surface area contributed by atoms with Gasteiger partial charge in [-0.25, -0.2) is 8.42 Å². The lowest BCUT2D eigenvalue weighted by atomic mass is 10.3. The molecule has 1 amide bonds. The molecule has 19 heavy (non-hydrogen) atoms. The van der Waals surface area contributed by atoms with Gasteiger partial charge in [0.1, 0.15) is 0 Å². The average molecular weight is 290 g/mol. The second kappa shape index (κ2) is 9.09. The molecule has 0 aliphatic heterocycles. The quantitative estimate of drug-likeness (QED) is 0.573. The Labute approximate surface area is 117 Å². The molecule has 0 rings (SSSR count).